The number of aryl methyl sites for hydroxylation is 1. The van der Waals surface area contributed by atoms with Crippen molar-refractivity contribution in [1.29, 1.82) is 0 Å². The van der Waals surface area contributed by atoms with Gasteiger partial charge in [-0.15, -0.1) is 0 Å². The third-order valence-corrected chi connectivity index (χ3v) is 7.66. The Morgan fingerprint density at radius 2 is 1.88 bits per heavy atom. The number of methoxy groups -OCH3 is 1. The lowest BCUT2D eigenvalue weighted by atomic mass is 9.97. The van der Waals surface area contributed by atoms with Gasteiger partial charge < -0.3 is 10.1 Å². The molecule has 1 saturated carbocycles. The number of ketones is 1. The first-order chi connectivity index (χ1) is 20.2. The fourth-order valence-electron chi connectivity index (χ4n) is 5.19. The van der Waals surface area contributed by atoms with Gasteiger partial charge in [0.1, 0.15) is 11.8 Å². The van der Waals surface area contributed by atoms with Crippen molar-refractivity contribution >= 4 is 39.9 Å². The lowest BCUT2D eigenvalue weighted by molar-refractivity contribution is -0.119. The number of anilines is 1. The minimum absolute atomic E-state index is 0.179. The zero-order valence-electron chi connectivity index (χ0n) is 23.4. The van der Waals surface area contributed by atoms with Crippen LogP contribution in [0.15, 0.2) is 71.9 Å². The number of nitrogens with one attached hydrogen (secondary N) is 1. The number of rotatable bonds is 9. The van der Waals surface area contributed by atoms with Crippen molar-refractivity contribution < 1.29 is 14.3 Å². The zero-order chi connectivity index (χ0) is 29.5. The number of aromatic nitrogens is 5. The fraction of sp³-hybridized carbons (Fsp3) is 0.258. The van der Waals surface area contributed by atoms with Gasteiger partial charge in [-0.05, 0) is 67.8 Å². The number of hydrogen-bond acceptors (Lipinski definition) is 6. The van der Waals surface area contributed by atoms with E-state index in [0.717, 1.165) is 23.7 Å². The molecule has 0 spiro atoms. The van der Waals surface area contributed by atoms with Crippen molar-refractivity contribution in [2.45, 2.75) is 38.3 Å². The van der Waals surface area contributed by atoms with Crippen LogP contribution in [0, 0.1) is 0 Å². The summed E-state index contributed by atoms with van der Waals surface area (Å²) in [7, 11) is 3.31. The quantitative estimate of drug-likeness (QED) is 0.238. The number of ether oxygens (including phenoxy) is 1. The molecular weight excluding hydrogens is 556 g/mol. The van der Waals surface area contributed by atoms with Crippen LogP contribution >= 0.6 is 11.6 Å². The van der Waals surface area contributed by atoms with Crippen LogP contribution in [0.25, 0.3) is 22.0 Å². The normalized spacial score (nSPS) is 13.7. The van der Waals surface area contributed by atoms with Crippen LogP contribution in [0.4, 0.5) is 5.69 Å². The molecule has 6 rings (SSSR count). The number of nitrogens with zero attached hydrogens (tertiary/aromatic N) is 5. The Bertz CT molecular complexity index is 1900. The second kappa shape index (κ2) is 10.9. The molecule has 3 aromatic heterocycles. The van der Waals surface area contributed by atoms with Crippen LogP contribution in [0.5, 0.6) is 5.75 Å². The first kappa shape index (κ1) is 27.5. The van der Waals surface area contributed by atoms with Gasteiger partial charge in [0, 0.05) is 59.2 Å². The van der Waals surface area contributed by atoms with Gasteiger partial charge in [0.15, 0.2) is 5.78 Å². The molecule has 2 aromatic carbocycles. The monoisotopic (exact) mass is 584 g/mol. The van der Waals surface area contributed by atoms with Gasteiger partial charge in [-0.1, -0.05) is 11.6 Å². The van der Waals surface area contributed by atoms with Gasteiger partial charge in [0.25, 0.3) is 5.56 Å². The van der Waals surface area contributed by atoms with Crippen molar-refractivity contribution in [3.05, 3.63) is 93.8 Å². The molecule has 11 heteroatoms. The Morgan fingerprint density at radius 3 is 2.62 bits per heavy atom. The minimum atomic E-state index is -0.945. The number of hydrogen-bond donors (Lipinski definition) is 1. The van der Waals surface area contributed by atoms with Crippen LogP contribution in [0.1, 0.15) is 47.9 Å². The van der Waals surface area contributed by atoms with E-state index in [1.54, 1.807) is 28.9 Å². The summed E-state index contributed by atoms with van der Waals surface area (Å²) in [5, 5.41) is 13.3. The maximum atomic E-state index is 13.9. The number of fused-ring (bicyclic) bond motifs is 1. The van der Waals surface area contributed by atoms with Crippen LogP contribution in [-0.4, -0.2) is 42.9 Å². The summed E-state index contributed by atoms with van der Waals surface area (Å²) in [5.74, 6) is -0.247. The molecule has 0 aliphatic heterocycles. The molecular formula is C31H29ClN6O4. The molecule has 42 heavy (non-hydrogen) atoms. The highest BCUT2D eigenvalue weighted by Gasteiger charge is 2.28. The van der Waals surface area contributed by atoms with Crippen molar-refractivity contribution in [1.82, 2.24) is 24.1 Å². The Morgan fingerprint density at radius 1 is 1.07 bits per heavy atom. The number of carbonyl (C=O) groups excluding carboxylic acids is 2. The van der Waals surface area contributed by atoms with Crippen LogP contribution in [0.3, 0.4) is 0 Å². The van der Waals surface area contributed by atoms with Gasteiger partial charge >= 0.3 is 0 Å². The molecule has 10 nitrogen and oxygen atoms in total. The SMILES string of the molecule is COc1cn(C(Cc2ccn(C3CC3)n2)C(=O)Nc2ccc3nn(C)cc3c2)c(=O)cc1-c1cc(Cl)ccc1C(C)=O. The molecule has 3 heterocycles. The summed E-state index contributed by atoms with van der Waals surface area (Å²) in [6.45, 7) is 1.45. The smallest absolute Gasteiger partial charge is 0.252 e. The number of carbonyl (C=O) groups is 2. The van der Waals surface area contributed by atoms with Crippen LogP contribution in [-0.2, 0) is 18.3 Å². The second-order valence-corrected chi connectivity index (χ2v) is 11.0. The molecule has 1 aliphatic rings. The van der Waals surface area contributed by atoms with Gasteiger partial charge in [0.05, 0.1) is 30.6 Å². The fourth-order valence-corrected chi connectivity index (χ4v) is 5.36. The van der Waals surface area contributed by atoms with E-state index in [0.29, 0.717) is 44.9 Å². The van der Waals surface area contributed by atoms with Gasteiger partial charge in [-0.2, -0.15) is 10.2 Å². The second-order valence-electron chi connectivity index (χ2n) is 10.6. The van der Waals surface area contributed by atoms with Gasteiger partial charge in [-0.25, -0.2) is 0 Å². The molecule has 0 radical (unpaired) electrons. The lowest BCUT2D eigenvalue weighted by Gasteiger charge is -2.21. The number of halogens is 1. The maximum Gasteiger partial charge on any atom is 0.252 e. The van der Waals surface area contributed by atoms with Crippen molar-refractivity contribution in [2.75, 3.05) is 12.4 Å². The van der Waals surface area contributed by atoms with Crippen molar-refractivity contribution in [3.8, 4) is 16.9 Å². The summed E-state index contributed by atoms with van der Waals surface area (Å²) < 4.78 is 10.7. The molecule has 1 aliphatic carbocycles. The first-order valence-corrected chi connectivity index (χ1v) is 14.0. The molecule has 1 N–H and O–H groups in total. The Hall–Kier alpha value is -4.70. The lowest BCUT2D eigenvalue weighted by Crippen LogP contribution is -2.34. The molecule has 5 aromatic rings. The predicted octanol–water partition coefficient (Wildman–Crippen LogP) is 5.22. The number of pyridine rings is 1. The third-order valence-electron chi connectivity index (χ3n) is 7.43. The average Bonchev–Trinajstić information content (AvgIpc) is 3.58. The Kier molecular flexibility index (Phi) is 7.16. The van der Waals surface area contributed by atoms with E-state index in [1.165, 1.54) is 30.9 Å². The third kappa shape index (κ3) is 5.45. The van der Waals surface area contributed by atoms with Gasteiger partial charge in [0.2, 0.25) is 5.91 Å². The summed E-state index contributed by atoms with van der Waals surface area (Å²) in [4.78, 5) is 40.0. The molecule has 1 atom stereocenters. The van der Waals surface area contributed by atoms with E-state index in [9.17, 15) is 14.4 Å². The van der Waals surface area contributed by atoms with Crippen molar-refractivity contribution in [3.63, 3.8) is 0 Å². The Labute approximate surface area is 246 Å². The van der Waals surface area contributed by atoms with E-state index in [4.69, 9.17) is 16.3 Å². The first-order valence-electron chi connectivity index (χ1n) is 13.6. The van der Waals surface area contributed by atoms with Crippen LogP contribution < -0.4 is 15.6 Å². The molecule has 0 bridgehead atoms. The molecule has 1 unspecified atom stereocenters. The molecule has 214 valence electrons. The highest BCUT2D eigenvalue weighted by atomic mass is 35.5. The topological polar surface area (TPSA) is 113 Å². The molecule has 1 fully saturated rings. The van der Waals surface area contributed by atoms with E-state index in [2.05, 4.69) is 15.5 Å². The van der Waals surface area contributed by atoms with Gasteiger partial charge in [-0.3, -0.25) is 28.3 Å². The number of amides is 1. The minimum Gasteiger partial charge on any atom is -0.495 e. The molecule has 0 saturated heterocycles. The van der Waals surface area contributed by atoms with E-state index < -0.39 is 11.6 Å². The number of Topliss-reactive ketones (excluding diaryl/α,β-unsaturated/α-hetero) is 1. The summed E-state index contributed by atoms with van der Waals surface area (Å²) in [6.07, 6.45) is 7.62. The van der Waals surface area contributed by atoms with E-state index in [1.807, 2.05) is 42.3 Å². The molecule has 1 amide bonds. The highest BCUT2D eigenvalue weighted by Crippen LogP contribution is 2.35. The maximum absolute atomic E-state index is 13.9. The Balaban J connectivity index is 1.41. The zero-order valence-corrected chi connectivity index (χ0v) is 24.1. The van der Waals surface area contributed by atoms with Crippen molar-refractivity contribution in [2.24, 2.45) is 7.05 Å². The highest BCUT2D eigenvalue weighted by molar-refractivity contribution is 6.31. The summed E-state index contributed by atoms with van der Waals surface area (Å²) >= 11 is 6.26. The van der Waals surface area contributed by atoms with E-state index in [-0.39, 0.29) is 18.1 Å². The van der Waals surface area contributed by atoms with E-state index >= 15 is 0 Å². The number of benzene rings is 2. The summed E-state index contributed by atoms with van der Waals surface area (Å²) in [5.41, 5.74) is 2.92. The van der Waals surface area contributed by atoms with Crippen LogP contribution in [0.2, 0.25) is 5.02 Å². The largest absolute Gasteiger partial charge is 0.495 e. The predicted molar refractivity (Wildman–Crippen MR) is 160 cm³/mol. The average molecular weight is 585 g/mol. The summed E-state index contributed by atoms with van der Waals surface area (Å²) in [6, 6.07) is 13.0. The standard InChI is InChI=1S/C31H29ClN6O4/c1-18(39)24-8-4-20(32)13-25(24)26-15-30(40)37(17-29(26)42-3)28(14-22-10-11-38(34-22)23-6-7-23)31(41)33-21-5-9-27-19(12-21)16-36(2)35-27/h4-5,8-13,15-17,23,28H,6-7,14H2,1-3H3,(H,33,41).